The first-order chi connectivity index (χ1) is 12.3. The van der Waals surface area contributed by atoms with Gasteiger partial charge in [0.05, 0.1) is 6.10 Å². The Morgan fingerprint density at radius 1 is 1.35 bits per heavy atom. The van der Waals surface area contributed by atoms with Crippen LogP contribution >= 0.6 is 0 Å². The number of rotatable bonds is 6. The highest BCUT2D eigenvalue weighted by Gasteiger charge is 2.62. The zero-order valence-corrected chi connectivity index (χ0v) is 15.9. The van der Waals surface area contributed by atoms with Gasteiger partial charge in [-0.25, -0.2) is 0 Å². The summed E-state index contributed by atoms with van der Waals surface area (Å²) in [6, 6.07) is 7.62. The third-order valence-electron chi connectivity index (χ3n) is 5.99. The Hall–Kier alpha value is -1.92. The van der Waals surface area contributed by atoms with E-state index in [4.69, 9.17) is 10.5 Å². The Morgan fingerprint density at radius 2 is 2.04 bits per heavy atom. The average Bonchev–Trinajstić information content (AvgIpc) is 3.01. The van der Waals surface area contributed by atoms with E-state index < -0.39 is 11.0 Å². The monoisotopic (exact) mass is 359 g/mol. The van der Waals surface area contributed by atoms with E-state index in [1.807, 2.05) is 49.9 Å². The van der Waals surface area contributed by atoms with Crippen molar-refractivity contribution in [3.8, 4) is 0 Å². The lowest BCUT2D eigenvalue weighted by molar-refractivity contribution is -0.166. The number of ether oxygens (including phenoxy) is 1. The van der Waals surface area contributed by atoms with Gasteiger partial charge >= 0.3 is 0 Å². The van der Waals surface area contributed by atoms with Crippen LogP contribution < -0.4 is 11.1 Å². The van der Waals surface area contributed by atoms with Crippen molar-refractivity contribution in [3.05, 3.63) is 29.8 Å². The number of nitrogens with zero attached hydrogens (tertiary/aromatic N) is 1. The van der Waals surface area contributed by atoms with Crippen LogP contribution in [0.25, 0.3) is 0 Å². The lowest BCUT2D eigenvalue weighted by atomic mass is 9.54. The maximum Gasteiger partial charge on any atom is 0.245 e. The first-order valence-electron chi connectivity index (χ1n) is 9.36. The van der Waals surface area contributed by atoms with Crippen molar-refractivity contribution in [2.75, 3.05) is 18.5 Å². The van der Waals surface area contributed by atoms with Gasteiger partial charge in [0.1, 0.15) is 5.54 Å². The van der Waals surface area contributed by atoms with E-state index in [1.54, 1.807) is 0 Å². The van der Waals surface area contributed by atoms with E-state index in [0.29, 0.717) is 31.7 Å². The number of nitrogens with one attached hydrogen (secondary N) is 1. The van der Waals surface area contributed by atoms with Crippen LogP contribution in [-0.2, 0) is 20.9 Å². The van der Waals surface area contributed by atoms with Crippen molar-refractivity contribution in [1.29, 1.82) is 0 Å². The zero-order chi connectivity index (χ0) is 18.9. The number of amides is 2. The number of carbonyl (C=O) groups is 2. The van der Waals surface area contributed by atoms with Gasteiger partial charge in [-0.1, -0.05) is 26.0 Å². The van der Waals surface area contributed by atoms with Crippen molar-refractivity contribution >= 4 is 17.5 Å². The van der Waals surface area contributed by atoms with Crippen molar-refractivity contribution in [2.24, 2.45) is 11.1 Å². The van der Waals surface area contributed by atoms with Crippen LogP contribution in [-0.4, -0.2) is 41.5 Å². The van der Waals surface area contributed by atoms with Crippen LogP contribution in [0.4, 0.5) is 5.69 Å². The summed E-state index contributed by atoms with van der Waals surface area (Å²) in [5, 5.41) is 2.93. The second kappa shape index (κ2) is 7.00. The Kier molecular flexibility index (Phi) is 5.08. The predicted octanol–water partition coefficient (Wildman–Crippen LogP) is 2.28. The van der Waals surface area contributed by atoms with Crippen LogP contribution in [0.2, 0.25) is 0 Å². The molecule has 1 aliphatic heterocycles. The van der Waals surface area contributed by atoms with Crippen LogP contribution in [0.1, 0.15) is 45.6 Å². The molecular formula is C20H29N3O3. The SMILES string of the molecule is CCOC1CC(N)(C(=O)Nc2ccc(CN3CCCC3=O)cc2)C1(C)C. The molecule has 0 spiro atoms. The third kappa shape index (κ3) is 3.23. The highest BCUT2D eigenvalue weighted by Crippen LogP contribution is 2.50. The number of hydrogen-bond acceptors (Lipinski definition) is 4. The van der Waals surface area contributed by atoms with E-state index in [1.165, 1.54) is 0 Å². The van der Waals surface area contributed by atoms with E-state index >= 15 is 0 Å². The molecule has 1 saturated heterocycles. The minimum Gasteiger partial charge on any atom is -0.378 e. The summed E-state index contributed by atoms with van der Waals surface area (Å²) in [4.78, 5) is 26.3. The van der Waals surface area contributed by atoms with Gasteiger partial charge in [-0.15, -0.1) is 0 Å². The van der Waals surface area contributed by atoms with E-state index in [0.717, 1.165) is 18.5 Å². The first-order valence-corrected chi connectivity index (χ1v) is 9.36. The maximum atomic E-state index is 12.7. The summed E-state index contributed by atoms with van der Waals surface area (Å²) in [6.07, 6.45) is 2.10. The van der Waals surface area contributed by atoms with Crippen molar-refractivity contribution in [3.63, 3.8) is 0 Å². The smallest absolute Gasteiger partial charge is 0.245 e. The standard InChI is InChI=1S/C20H29N3O3/c1-4-26-16-12-20(21,19(16,2)3)18(25)22-15-9-7-14(8-10-15)13-23-11-5-6-17(23)24/h7-10,16H,4-6,11-13,21H2,1-3H3,(H,22,25). The summed E-state index contributed by atoms with van der Waals surface area (Å²) in [5.41, 5.74) is 6.83. The molecule has 142 valence electrons. The molecule has 6 nitrogen and oxygen atoms in total. The molecule has 0 bridgehead atoms. The van der Waals surface area contributed by atoms with Crippen molar-refractivity contribution in [1.82, 2.24) is 4.90 Å². The molecule has 3 N–H and O–H groups in total. The third-order valence-corrected chi connectivity index (χ3v) is 5.99. The van der Waals surface area contributed by atoms with Gasteiger partial charge in [-0.05, 0) is 31.0 Å². The molecule has 1 aromatic rings. The number of nitrogens with two attached hydrogens (primary N) is 1. The number of carbonyl (C=O) groups excluding carboxylic acids is 2. The number of likely N-dealkylation sites (tertiary alicyclic amines) is 1. The van der Waals surface area contributed by atoms with Crippen LogP contribution in [0.5, 0.6) is 0 Å². The fraction of sp³-hybridized carbons (Fsp3) is 0.600. The predicted molar refractivity (Wildman–Crippen MR) is 100 cm³/mol. The topological polar surface area (TPSA) is 84.7 Å². The molecule has 3 rings (SSSR count). The Balaban J connectivity index is 1.60. The summed E-state index contributed by atoms with van der Waals surface area (Å²) in [6.45, 7) is 7.97. The second-order valence-electron chi connectivity index (χ2n) is 7.91. The van der Waals surface area contributed by atoms with Crippen molar-refractivity contribution in [2.45, 2.75) is 58.2 Å². The van der Waals surface area contributed by atoms with Gasteiger partial charge in [0.2, 0.25) is 11.8 Å². The molecule has 0 aromatic heterocycles. The van der Waals surface area contributed by atoms with Crippen molar-refractivity contribution < 1.29 is 14.3 Å². The summed E-state index contributed by atoms with van der Waals surface area (Å²) >= 11 is 0. The number of hydrogen-bond donors (Lipinski definition) is 2. The lowest BCUT2D eigenvalue weighted by Gasteiger charge is -2.57. The molecule has 26 heavy (non-hydrogen) atoms. The molecule has 2 atom stereocenters. The van der Waals surface area contributed by atoms with Gasteiger partial charge < -0.3 is 20.7 Å². The fourth-order valence-electron chi connectivity index (χ4n) is 3.85. The summed E-state index contributed by atoms with van der Waals surface area (Å²) in [7, 11) is 0. The fourth-order valence-corrected chi connectivity index (χ4v) is 3.85. The zero-order valence-electron chi connectivity index (χ0n) is 15.9. The number of anilines is 1. The average molecular weight is 359 g/mol. The summed E-state index contributed by atoms with van der Waals surface area (Å²) in [5.74, 6) is 0.0319. The second-order valence-corrected chi connectivity index (χ2v) is 7.91. The van der Waals surface area contributed by atoms with Crippen LogP contribution in [0, 0.1) is 5.41 Å². The normalized spacial score (nSPS) is 27.3. The highest BCUT2D eigenvalue weighted by atomic mass is 16.5. The minimum atomic E-state index is -0.937. The molecule has 1 aromatic carbocycles. The molecule has 6 heteroatoms. The van der Waals surface area contributed by atoms with Gasteiger partial charge in [0.25, 0.3) is 0 Å². The quantitative estimate of drug-likeness (QED) is 0.816. The van der Waals surface area contributed by atoms with E-state index in [2.05, 4.69) is 5.32 Å². The largest absolute Gasteiger partial charge is 0.378 e. The van der Waals surface area contributed by atoms with Gasteiger partial charge in [0, 0.05) is 43.6 Å². The van der Waals surface area contributed by atoms with Gasteiger partial charge in [-0.2, -0.15) is 0 Å². The molecule has 0 radical (unpaired) electrons. The molecule has 1 aliphatic carbocycles. The molecular weight excluding hydrogens is 330 g/mol. The summed E-state index contributed by atoms with van der Waals surface area (Å²) < 4.78 is 5.68. The minimum absolute atomic E-state index is 0.00336. The highest BCUT2D eigenvalue weighted by molar-refractivity contribution is 5.99. The first kappa shape index (κ1) is 18.9. The lowest BCUT2D eigenvalue weighted by Crippen LogP contribution is -2.74. The van der Waals surface area contributed by atoms with Crippen LogP contribution in [0.3, 0.4) is 0 Å². The molecule has 2 amide bonds. The van der Waals surface area contributed by atoms with Gasteiger partial charge in [-0.3, -0.25) is 9.59 Å². The Morgan fingerprint density at radius 3 is 2.58 bits per heavy atom. The number of benzene rings is 1. The van der Waals surface area contributed by atoms with Gasteiger partial charge in [0.15, 0.2) is 0 Å². The molecule has 2 unspecified atom stereocenters. The Labute approximate surface area is 155 Å². The molecule has 1 heterocycles. The van der Waals surface area contributed by atoms with E-state index in [9.17, 15) is 9.59 Å². The maximum absolute atomic E-state index is 12.7. The Bertz CT molecular complexity index is 686. The molecule has 2 aliphatic rings. The van der Waals surface area contributed by atoms with E-state index in [-0.39, 0.29) is 17.9 Å². The van der Waals surface area contributed by atoms with Crippen LogP contribution in [0.15, 0.2) is 24.3 Å². The molecule has 2 fully saturated rings. The molecule has 1 saturated carbocycles.